The van der Waals surface area contributed by atoms with Crippen LogP contribution >= 0.6 is 11.6 Å². The van der Waals surface area contributed by atoms with Gasteiger partial charge < -0.3 is 5.32 Å². The average molecular weight is 386 g/mol. The van der Waals surface area contributed by atoms with Gasteiger partial charge in [0, 0.05) is 29.4 Å². The third-order valence-electron chi connectivity index (χ3n) is 4.82. The van der Waals surface area contributed by atoms with Crippen molar-refractivity contribution in [2.75, 3.05) is 18.4 Å². The Morgan fingerprint density at radius 3 is 2.78 bits per heavy atom. The largest absolute Gasteiger partial charge is 0.326 e. The number of amides is 1. The monoisotopic (exact) mass is 385 g/mol. The molecule has 1 N–H and O–H groups in total. The molecule has 2 aromatic carbocycles. The molecule has 0 radical (unpaired) electrons. The Bertz CT molecular complexity index is 827. The molecule has 0 saturated carbocycles. The highest BCUT2D eigenvalue weighted by atomic mass is 35.5. The number of nitrogens with one attached hydrogen (secondary N) is 1. The number of anilines is 1. The predicted molar refractivity (Wildman–Crippen MR) is 104 cm³/mol. The van der Waals surface area contributed by atoms with Gasteiger partial charge in [-0.1, -0.05) is 29.8 Å². The summed E-state index contributed by atoms with van der Waals surface area (Å²) in [7, 11) is 0. The molecule has 2 aromatic rings. The van der Waals surface area contributed by atoms with E-state index in [4.69, 9.17) is 16.9 Å². The van der Waals surface area contributed by atoms with Gasteiger partial charge in [-0.15, -0.1) is 0 Å². The van der Waals surface area contributed by atoms with Crippen molar-refractivity contribution in [1.29, 1.82) is 5.26 Å². The lowest BCUT2D eigenvalue weighted by Crippen LogP contribution is -2.40. The molecule has 0 aromatic heterocycles. The van der Waals surface area contributed by atoms with E-state index < -0.39 is 0 Å². The summed E-state index contributed by atoms with van der Waals surface area (Å²) in [6.45, 7) is 1.79. The molecule has 1 fully saturated rings. The Kier molecular flexibility index (Phi) is 6.44. The van der Waals surface area contributed by atoms with Crippen LogP contribution in [0.25, 0.3) is 0 Å². The maximum Gasteiger partial charge on any atom is 0.228 e. The minimum atomic E-state index is -0.313. The van der Waals surface area contributed by atoms with E-state index in [1.807, 2.05) is 24.3 Å². The molecule has 1 unspecified atom stereocenters. The van der Waals surface area contributed by atoms with Crippen LogP contribution in [0.5, 0.6) is 0 Å². The Morgan fingerprint density at radius 2 is 2.07 bits per heavy atom. The molecule has 0 aliphatic carbocycles. The van der Waals surface area contributed by atoms with Crippen LogP contribution in [-0.4, -0.2) is 23.9 Å². The highest BCUT2D eigenvalue weighted by Gasteiger charge is 2.26. The zero-order valence-electron chi connectivity index (χ0n) is 14.9. The number of likely N-dealkylation sites (tertiary alicyclic amines) is 1. The molecule has 4 nitrogen and oxygen atoms in total. The summed E-state index contributed by atoms with van der Waals surface area (Å²) in [5, 5.41) is 12.1. The lowest BCUT2D eigenvalue weighted by Gasteiger charge is -2.32. The summed E-state index contributed by atoms with van der Waals surface area (Å²) < 4.78 is 14.0. The van der Waals surface area contributed by atoms with Crippen LogP contribution in [0.15, 0.2) is 42.5 Å². The van der Waals surface area contributed by atoms with E-state index in [2.05, 4.69) is 16.3 Å². The summed E-state index contributed by atoms with van der Waals surface area (Å²) in [6.07, 6.45) is 2.04. The molecule has 1 amide bonds. The van der Waals surface area contributed by atoms with Crippen molar-refractivity contribution in [1.82, 2.24) is 4.90 Å². The van der Waals surface area contributed by atoms with Crippen LogP contribution in [0.2, 0.25) is 5.02 Å². The number of hydrogen-bond donors (Lipinski definition) is 1. The number of halogens is 2. The number of piperidine rings is 1. The van der Waals surface area contributed by atoms with Gasteiger partial charge in [0.05, 0.1) is 18.4 Å². The Labute approximate surface area is 163 Å². The molecular formula is C21H21ClFN3O. The molecule has 3 rings (SSSR count). The van der Waals surface area contributed by atoms with Crippen molar-refractivity contribution in [2.24, 2.45) is 5.92 Å². The van der Waals surface area contributed by atoms with E-state index >= 15 is 0 Å². The van der Waals surface area contributed by atoms with E-state index in [0.717, 1.165) is 30.6 Å². The van der Waals surface area contributed by atoms with E-state index in [0.29, 0.717) is 30.1 Å². The van der Waals surface area contributed by atoms with E-state index in [1.54, 1.807) is 12.1 Å². The molecule has 27 heavy (non-hydrogen) atoms. The SMILES string of the molecule is N#CCc1ccc(NC(=O)C2CCCN(Cc3c(F)cccc3Cl)C2)cc1. The molecule has 0 spiro atoms. The molecule has 0 bridgehead atoms. The Balaban J connectivity index is 1.60. The summed E-state index contributed by atoms with van der Waals surface area (Å²) in [5.74, 6) is -0.498. The van der Waals surface area contributed by atoms with Gasteiger partial charge in [0.25, 0.3) is 0 Å². The Hall–Kier alpha value is -2.42. The first-order valence-electron chi connectivity index (χ1n) is 8.99. The van der Waals surface area contributed by atoms with Crippen molar-refractivity contribution in [3.05, 3.63) is 64.4 Å². The van der Waals surface area contributed by atoms with Crippen LogP contribution in [0.1, 0.15) is 24.0 Å². The van der Waals surface area contributed by atoms with E-state index in [-0.39, 0.29) is 17.6 Å². The second-order valence-electron chi connectivity index (χ2n) is 6.80. The third-order valence-corrected chi connectivity index (χ3v) is 5.18. The molecule has 1 heterocycles. The molecular weight excluding hydrogens is 365 g/mol. The quantitative estimate of drug-likeness (QED) is 0.830. The number of rotatable bonds is 5. The fraction of sp³-hybridized carbons (Fsp3) is 0.333. The maximum atomic E-state index is 14.0. The van der Waals surface area contributed by atoms with Crippen molar-refractivity contribution in [3.8, 4) is 6.07 Å². The van der Waals surface area contributed by atoms with Crippen LogP contribution in [0, 0.1) is 23.1 Å². The van der Waals surface area contributed by atoms with Gasteiger partial charge in [-0.05, 0) is 49.2 Å². The standard InChI is InChI=1S/C21H21ClFN3O/c22-19-4-1-5-20(23)18(19)14-26-12-2-3-16(13-26)21(27)25-17-8-6-15(7-9-17)10-11-24/h1,4-9,16H,2-3,10,12-14H2,(H,25,27). The van der Waals surface area contributed by atoms with Gasteiger partial charge >= 0.3 is 0 Å². The summed E-state index contributed by atoms with van der Waals surface area (Å²) in [5.41, 5.74) is 2.12. The molecule has 6 heteroatoms. The van der Waals surface area contributed by atoms with Gasteiger partial charge in [-0.2, -0.15) is 5.26 Å². The summed E-state index contributed by atoms with van der Waals surface area (Å²) in [4.78, 5) is 14.7. The van der Waals surface area contributed by atoms with Crippen LogP contribution in [-0.2, 0) is 17.8 Å². The third kappa shape index (κ3) is 5.06. The van der Waals surface area contributed by atoms with Crippen molar-refractivity contribution >= 4 is 23.2 Å². The first-order valence-corrected chi connectivity index (χ1v) is 9.36. The number of hydrogen-bond acceptors (Lipinski definition) is 3. The number of nitrogens with zero attached hydrogens (tertiary/aromatic N) is 2. The fourth-order valence-electron chi connectivity index (χ4n) is 3.36. The number of carbonyl (C=O) groups is 1. The van der Waals surface area contributed by atoms with Crippen molar-refractivity contribution in [2.45, 2.75) is 25.8 Å². The van der Waals surface area contributed by atoms with E-state index in [1.165, 1.54) is 6.07 Å². The van der Waals surface area contributed by atoms with Crippen molar-refractivity contribution in [3.63, 3.8) is 0 Å². The lowest BCUT2D eigenvalue weighted by atomic mass is 9.96. The molecule has 1 atom stereocenters. The minimum absolute atomic E-state index is 0.0348. The number of benzene rings is 2. The normalized spacial score (nSPS) is 17.3. The average Bonchev–Trinajstić information content (AvgIpc) is 2.67. The van der Waals surface area contributed by atoms with Gasteiger partial charge in [0.15, 0.2) is 0 Å². The summed E-state index contributed by atoms with van der Waals surface area (Å²) in [6, 6.07) is 14.1. The highest BCUT2D eigenvalue weighted by molar-refractivity contribution is 6.31. The number of carbonyl (C=O) groups excluding carboxylic acids is 1. The topological polar surface area (TPSA) is 56.1 Å². The van der Waals surface area contributed by atoms with Crippen molar-refractivity contribution < 1.29 is 9.18 Å². The molecule has 1 saturated heterocycles. The smallest absolute Gasteiger partial charge is 0.228 e. The van der Waals surface area contributed by atoms with Gasteiger partial charge in [0.2, 0.25) is 5.91 Å². The van der Waals surface area contributed by atoms with E-state index in [9.17, 15) is 9.18 Å². The second kappa shape index (κ2) is 8.98. The van der Waals surface area contributed by atoms with Gasteiger partial charge in [-0.25, -0.2) is 4.39 Å². The first kappa shape index (κ1) is 19.3. The minimum Gasteiger partial charge on any atom is -0.326 e. The van der Waals surface area contributed by atoms with Crippen LogP contribution in [0.3, 0.4) is 0 Å². The Morgan fingerprint density at radius 1 is 1.30 bits per heavy atom. The number of nitriles is 1. The highest BCUT2D eigenvalue weighted by Crippen LogP contribution is 2.25. The van der Waals surface area contributed by atoms with Crippen LogP contribution in [0.4, 0.5) is 10.1 Å². The van der Waals surface area contributed by atoms with Crippen LogP contribution < -0.4 is 5.32 Å². The molecule has 1 aliphatic rings. The van der Waals surface area contributed by atoms with Gasteiger partial charge in [0.1, 0.15) is 5.82 Å². The first-order chi connectivity index (χ1) is 13.1. The molecule has 1 aliphatic heterocycles. The predicted octanol–water partition coefficient (Wildman–Crippen LogP) is 4.40. The zero-order valence-corrected chi connectivity index (χ0v) is 15.7. The maximum absolute atomic E-state index is 14.0. The zero-order chi connectivity index (χ0) is 19.2. The molecule has 140 valence electrons. The fourth-order valence-corrected chi connectivity index (χ4v) is 3.58. The lowest BCUT2D eigenvalue weighted by molar-refractivity contribution is -0.121. The van der Waals surface area contributed by atoms with Gasteiger partial charge in [-0.3, -0.25) is 9.69 Å². The summed E-state index contributed by atoms with van der Waals surface area (Å²) >= 11 is 6.12. The second-order valence-corrected chi connectivity index (χ2v) is 7.20.